The molecule has 2 saturated carbocycles. The molecule has 5 rings (SSSR count). The first-order valence-corrected chi connectivity index (χ1v) is 15.1. The molecule has 0 saturated heterocycles. The van der Waals surface area contributed by atoms with Gasteiger partial charge in [-0.1, -0.05) is 30.1 Å². The molecule has 2 aliphatic rings. The molecule has 1 aromatic heterocycles. The van der Waals surface area contributed by atoms with Gasteiger partial charge in [-0.15, -0.1) is 0 Å². The number of sulfone groups is 1. The van der Waals surface area contributed by atoms with Crippen LogP contribution in [0.3, 0.4) is 0 Å². The largest absolute Gasteiger partial charge is 0.444 e. The van der Waals surface area contributed by atoms with Crippen molar-refractivity contribution in [3.05, 3.63) is 69.9 Å². The van der Waals surface area contributed by atoms with Gasteiger partial charge in [0.2, 0.25) is 11.8 Å². The summed E-state index contributed by atoms with van der Waals surface area (Å²) in [5.41, 5.74) is 0.354. The third kappa shape index (κ3) is 6.11. The minimum Gasteiger partial charge on any atom is -0.444 e. The zero-order valence-electron chi connectivity index (χ0n) is 21.4. The van der Waals surface area contributed by atoms with E-state index in [0.717, 1.165) is 36.3 Å². The quantitative estimate of drug-likeness (QED) is 0.271. The van der Waals surface area contributed by atoms with Crippen LogP contribution in [0.1, 0.15) is 55.7 Å². The molecule has 1 heterocycles. The average molecular weight is 616 g/mol. The van der Waals surface area contributed by atoms with Gasteiger partial charge in [0.1, 0.15) is 12.3 Å². The van der Waals surface area contributed by atoms with Gasteiger partial charge in [0.15, 0.2) is 9.84 Å². The van der Waals surface area contributed by atoms with Crippen LogP contribution in [0.15, 0.2) is 51.9 Å². The van der Waals surface area contributed by atoms with Gasteiger partial charge >= 0.3 is 6.18 Å². The van der Waals surface area contributed by atoms with Crippen LogP contribution >= 0.6 is 23.2 Å². The first kappa shape index (κ1) is 28.8. The van der Waals surface area contributed by atoms with E-state index < -0.39 is 40.4 Å². The Hall–Kier alpha value is -2.76. The molecular weight excluding hydrogens is 590 g/mol. The SMILES string of the molecule is CCS(=O)(=O)c1ccc(N(CC(=O)Nc2cc(Cl)c(C3(c4ncc(C5CC5)o4)CC3)c(Cl)c2)CC(F)(F)F)cc1. The molecule has 1 amide bonds. The van der Waals surface area contributed by atoms with Crippen molar-refractivity contribution < 1.29 is 30.8 Å². The topological polar surface area (TPSA) is 92.5 Å². The van der Waals surface area contributed by atoms with E-state index in [9.17, 15) is 26.4 Å². The van der Waals surface area contributed by atoms with Crippen LogP contribution in [0, 0.1) is 0 Å². The summed E-state index contributed by atoms with van der Waals surface area (Å²) in [5.74, 6) is 0.918. The van der Waals surface area contributed by atoms with Crippen molar-refractivity contribution >= 4 is 50.3 Å². The zero-order chi connectivity index (χ0) is 28.9. The monoisotopic (exact) mass is 615 g/mol. The fourth-order valence-electron chi connectivity index (χ4n) is 4.72. The molecule has 3 aromatic rings. The molecule has 0 spiro atoms. The van der Waals surface area contributed by atoms with E-state index in [-0.39, 0.29) is 32.1 Å². The molecule has 0 aliphatic heterocycles. The maximum absolute atomic E-state index is 13.3. The number of amides is 1. The van der Waals surface area contributed by atoms with Crippen LogP contribution in [0.5, 0.6) is 0 Å². The first-order chi connectivity index (χ1) is 18.8. The average Bonchev–Trinajstić information content (AvgIpc) is 3.82. The number of nitrogens with one attached hydrogen (secondary N) is 1. The molecular formula is C27H26Cl2F3N3O4S. The highest BCUT2D eigenvalue weighted by atomic mass is 35.5. The molecule has 1 N–H and O–H groups in total. The lowest BCUT2D eigenvalue weighted by molar-refractivity contribution is -0.122. The molecule has 13 heteroatoms. The van der Waals surface area contributed by atoms with Crippen LogP contribution in [0.25, 0.3) is 0 Å². The number of carbonyl (C=O) groups is 1. The van der Waals surface area contributed by atoms with Crippen molar-refractivity contribution in [2.75, 3.05) is 29.1 Å². The molecule has 0 atom stereocenters. The van der Waals surface area contributed by atoms with Crippen LogP contribution in [0.2, 0.25) is 10.0 Å². The van der Waals surface area contributed by atoms with Gasteiger partial charge in [0, 0.05) is 32.9 Å². The molecule has 214 valence electrons. The Bertz CT molecular complexity index is 1510. The van der Waals surface area contributed by atoms with Crippen molar-refractivity contribution in [2.24, 2.45) is 0 Å². The van der Waals surface area contributed by atoms with Gasteiger partial charge in [0.25, 0.3) is 0 Å². The lowest BCUT2D eigenvalue weighted by Crippen LogP contribution is -2.39. The Kier molecular flexibility index (Phi) is 7.60. The fraction of sp³-hybridized carbons (Fsp3) is 0.407. The third-order valence-electron chi connectivity index (χ3n) is 7.11. The number of hydrogen-bond acceptors (Lipinski definition) is 6. The number of hydrogen-bond donors (Lipinski definition) is 1. The summed E-state index contributed by atoms with van der Waals surface area (Å²) in [7, 11) is -3.53. The number of rotatable bonds is 10. The number of carbonyl (C=O) groups excluding carboxylic acids is 1. The maximum atomic E-state index is 13.3. The van der Waals surface area contributed by atoms with E-state index in [4.69, 9.17) is 27.6 Å². The predicted octanol–water partition coefficient (Wildman–Crippen LogP) is 6.74. The van der Waals surface area contributed by atoms with E-state index in [1.807, 2.05) is 0 Å². The molecule has 2 aliphatic carbocycles. The van der Waals surface area contributed by atoms with Gasteiger partial charge in [-0.05, 0) is 62.1 Å². The molecule has 2 aromatic carbocycles. The smallest absolute Gasteiger partial charge is 0.405 e. The third-order valence-corrected chi connectivity index (χ3v) is 9.46. The minimum absolute atomic E-state index is 0.0125. The van der Waals surface area contributed by atoms with Gasteiger partial charge in [-0.25, -0.2) is 13.4 Å². The first-order valence-electron chi connectivity index (χ1n) is 12.7. The highest BCUT2D eigenvalue weighted by Crippen LogP contribution is 2.58. The van der Waals surface area contributed by atoms with E-state index in [2.05, 4.69) is 10.3 Å². The van der Waals surface area contributed by atoms with E-state index in [1.165, 1.54) is 43.3 Å². The minimum atomic E-state index is -4.61. The van der Waals surface area contributed by atoms with Crippen molar-refractivity contribution in [1.82, 2.24) is 4.98 Å². The van der Waals surface area contributed by atoms with Crippen molar-refractivity contribution in [1.29, 1.82) is 0 Å². The second-order valence-corrected chi connectivity index (χ2v) is 13.2. The predicted molar refractivity (Wildman–Crippen MR) is 146 cm³/mol. The highest BCUT2D eigenvalue weighted by Gasteiger charge is 2.53. The Labute approximate surface area is 239 Å². The molecule has 7 nitrogen and oxygen atoms in total. The second kappa shape index (κ2) is 10.6. The van der Waals surface area contributed by atoms with Gasteiger partial charge in [0.05, 0.1) is 28.8 Å². The van der Waals surface area contributed by atoms with Gasteiger partial charge in [-0.3, -0.25) is 4.79 Å². The summed E-state index contributed by atoms with van der Waals surface area (Å²) >= 11 is 13.2. The summed E-state index contributed by atoms with van der Waals surface area (Å²) in [4.78, 5) is 18.1. The summed E-state index contributed by atoms with van der Waals surface area (Å²) in [5, 5.41) is 3.14. The Morgan fingerprint density at radius 3 is 2.30 bits per heavy atom. The van der Waals surface area contributed by atoms with E-state index in [0.29, 0.717) is 17.4 Å². The summed E-state index contributed by atoms with van der Waals surface area (Å²) in [6, 6.07) is 7.95. The summed E-state index contributed by atoms with van der Waals surface area (Å²) in [6.45, 7) is -0.597. The second-order valence-electron chi connectivity index (χ2n) is 10.2. The lowest BCUT2D eigenvalue weighted by Gasteiger charge is -2.26. The van der Waals surface area contributed by atoms with Crippen molar-refractivity contribution in [3.8, 4) is 0 Å². The molecule has 0 unspecified atom stereocenters. The number of benzene rings is 2. The van der Waals surface area contributed by atoms with E-state index in [1.54, 1.807) is 6.20 Å². The van der Waals surface area contributed by atoms with Crippen LogP contribution in [-0.2, 0) is 20.0 Å². The highest BCUT2D eigenvalue weighted by molar-refractivity contribution is 7.91. The van der Waals surface area contributed by atoms with Gasteiger partial charge < -0.3 is 14.6 Å². The summed E-state index contributed by atoms with van der Waals surface area (Å²) < 4.78 is 70.1. The lowest BCUT2D eigenvalue weighted by atomic mass is 9.95. The number of alkyl halides is 3. The Morgan fingerprint density at radius 2 is 1.77 bits per heavy atom. The zero-order valence-corrected chi connectivity index (χ0v) is 23.7. The van der Waals surface area contributed by atoms with Crippen LogP contribution in [0.4, 0.5) is 24.5 Å². The number of aromatic nitrogens is 1. The molecule has 40 heavy (non-hydrogen) atoms. The number of halogens is 5. The Balaban J connectivity index is 1.33. The number of anilines is 2. The normalized spacial score (nSPS) is 16.6. The molecule has 0 bridgehead atoms. The summed E-state index contributed by atoms with van der Waals surface area (Å²) in [6.07, 6.45) is 0.766. The maximum Gasteiger partial charge on any atom is 0.405 e. The van der Waals surface area contributed by atoms with E-state index >= 15 is 0 Å². The Morgan fingerprint density at radius 1 is 1.15 bits per heavy atom. The van der Waals surface area contributed by atoms with Gasteiger partial charge in [-0.2, -0.15) is 13.2 Å². The fourth-order valence-corrected chi connectivity index (χ4v) is 6.46. The van der Waals surface area contributed by atoms with Crippen LogP contribution < -0.4 is 10.2 Å². The van der Waals surface area contributed by atoms with Crippen molar-refractivity contribution in [3.63, 3.8) is 0 Å². The molecule has 2 fully saturated rings. The van der Waals surface area contributed by atoms with Crippen molar-refractivity contribution in [2.45, 2.75) is 55.0 Å². The van der Waals surface area contributed by atoms with Crippen LogP contribution in [-0.4, -0.2) is 44.3 Å². The number of oxazole rings is 1. The number of nitrogens with zero attached hydrogens (tertiary/aromatic N) is 2. The standard InChI is InChI=1S/C27H26Cl2F3N3O4S/c1-2-40(37,38)19-7-5-18(6-8-19)35(15-27(30,31)32)14-23(36)34-17-11-20(28)24(21(29)12-17)26(9-10-26)25-33-13-22(39-25)16-3-4-16/h5-8,11-13,16H,2-4,9-10,14-15H2,1H3,(H,34,36). The molecule has 0 radical (unpaired) electrons.